The van der Waals surface area contributed by atoms with Gasteiger partial charge < -0.3 is 14.0 Å². The number of aromatic nitrogens is 2. The summed E-state index contributed by atoms with van der Waals surface area (Å²) in [5.74, 6) is 0.650. The lowest BCUT2D eigenvalue weighted by Gasteiger charge is -2.37. The highest BCUT2D eigenvalue weighted by molar-refractivity contribution is 5.84. The van der Waals surface area contributed by atoms with Crippen LogP contribution in [0.2, 0.25) is 0 Å². The fourth-order valence-electron chi connectivity index (χ4n) is 3.36. The van der Waals surface area contributed by atoms with Gasteiger partial charge in [-0.05, 0) is 19.8 Å². The second kappa shape index (κ2) is 7.21. The SMILES string of the molecule is CCOC(=O)C1COC(=O)N1C1CCN(Cc2nccn2C)CC1. The summed E-state index contributed by atoms with van der Waals surface area (Å²) in [7, 11) is 1.99. The van der Waals surface area contributed by atoms with Crippen molar-refractivity contribution in [3.05, 3.63) is 18.2 Å². The van der Waals surface area contributed by atoms with Crippen molar-refractivity contribution in [2.24, 2.45) is 7.05 Å². The van der Waals surface area contributed by atoms with Crippen LogP contribution in [0.4, 0.5) is 4.79 Å². The van der Waals surface area contributed by atoms with Gasteiger partial charge in [0.05, 0.1) is 13.2 Å². The third kappa shape index (κ3) is 3.38. The summed E-state index contributed by atoms with van der Waals surface area (Å²) in [6.07, 6.45) is 4.96. The van der Waals surface area contributed by atoms with Crippen LogP contribution in [0.25, 0.3) is 0 Å². The van der Waals surface area contributed by atoms with Crippen LogP contribution in [0.15, 0.2) is 12.4 Å². The number of carbonyl (C=O) groups excluding carboxylic acids is 2. The average Bonchev–Trinajstić information content (AvgIpc) is 3.15. The smallest absolute Gasteiger partial charge is 0.410 e. The molecule has 2 aliphatic heterocycles. The Kier molecular flexibility index (Phi) is 5.03. The molecule has 1 atom stereocenters. The molecule has 8 nitrogen and oxygen atoms in total. The Hall–Kier alpha value is -2.09. The Morgan fingerprint density at radius 2 is 2.17 bits per heavy atom. The summed E-state index contributed by atoms with van der Waals surface area (Å²) in [6.45, 7) is 4.66. The van der Waals surface area contributed by atoms with Crippen LogP contribution in [0, 0.1) is 0 Å². The number of hydrogen-bond acceptors (Lipinski definition) is 6. The zero-order valence-corrected chi connectivity index (χ0v) is 14.2. The highest BCUT2D eigenvalue weighted by atomic mass is 16.6. The molecule has 0 radical (unpaired) electrons. The number of hydrogen-bond donors (Lipinski definition) is 0. The molecule has 0 N–H and O–H groups in total. The normalized spacial score (nSPS) is 22.7. The quantitative estimate of drug-likeness (QED) is 0.739. The summed E-state index contributed by atoms with van der Waals surface area (Å²) < 4.78 is 12.2. The van der Waals surface area contributed by atoms with Crippen molar-refractivity contribution in [3.8, 4) is 0 Å². The predicted octanol–water partition coefficient (Wildman–Crippen LogP) is 0.768. The third-order valence-electron chi connectivity index (χ3n) is 4.71. The predicted molar refractivity (Wildman–Crippen MR) is 85.1 cm³/mol. The van der Waals surface area contributed by atoms with E-state index in [1.165, 1.54) is 0 Å². The molecular weight excluding hydrogens is 312 g/mol. The van der Waals surface area contributed by atoms with Crippen LogP contribution >= 0.6 is 0 Å². The first-order valence-electron chi connectivity index (χ1n) is 8.40. The highest BCUT2D eigenvalue weighted by Crippen LogP contribution is 2.25. The number of nitrogens with zero attached hydrogens (tertiary/aromatic N) is 4. The van der Waals surface area contributed by atoms with E-state index in [-0.39, 0.29) is 18.6 Å². The van der Waals surface area contributed by atoms with Gasteiger partial charge in [0.1, 0.15) is 12.4 Å². The van der Waals surface area contributed by atoms with Crippen molar-refractivity contribution in [2.75, 3.05) is 26.3 Å². The lowest BCUT2D eigenvalue weighted by atomic mass is 10.0. The van der Waals surface area contributed by atoms with Gasteiger partial charge in [-0.15, -0.1) is 0 Å². The summed E-state index contributed by atoms with van der Waals surface area (Å²) in [6, 6.07) is -0.587. The van der Waals surface area contributed by atoms with Crippen LogP contribution in [-0.2, 0) is 27.9 Å². The monoisotopic (exact) mass is 336 g/mol. The number of aryl methyl sites for hydroxylation is 1. The molecule has 3 heterocycles. The zero-order chi connectivity index (χ0) is 17.1. The molecular formula is C16H24N4O4. The van der Waals surface area contributed by atoms with Crippen molar-refractivity contribution in [2.45, 2.75) is 38.4 Å². The summed E-state index contributed by atoms with van der Waals surface area (Å²) in [5, 5.41) is 0. The molecule has 0 spiro atoms. The second-order valence-corrected chi connectivity index (χ2v) is 6.21. The molecule has 2 aliphatic rings. The number of rotatable bonds is 5. The minimum atomic E-state index is -0.608. The van der Waals surface area contributed by atoms with Gasteiger partial charge in [0.15, 0.2) is 6.04 Å². The van der Waals surface area contributed by atoms with Gasteiger partial charge in [0.2, 0.25) is 0 Å². The zero-order valence-electron chi connectivity index (χ0n) is 14.2. The Balaban J connectivity index is 1.57. The number of likely N-dealkylation sites (tertiary alicyclic amines) is 1. The Morgan fingerprint density at radius 1 is 1.42 bits per heavy atom. The van der Waals surface area contributed by atoms with E-state index < -0.39 is 12.1 Å². The van der Waals surface area contributed by atoms with Crippen LogP contribution < -0.4 is 0 Å². The third-order valence-corrected chi connectivity index (χ3v) is 4.71. The molecule has 0 bridgehead atoms. The van der Waals surface area contributed by atoms with Crippen molar-refractivity contribution in [1.29, 1.82) is 0 Å². The Morgan fingerprint density at radius 3 is 2.79 bits per heavy atom. The Bertz CT molecular complexity index is 595. The van der Waals surface area contributed by atoms with Gasteiger partial charge in [0, 0.05) is 38.6 Å². The highest BCUT2D eigenvalue weighted by Gasteiger charge is 2.43. The maximum absolute atomic E-state index is 12.0. The average molecular weight is 336 g/mol. The minimum absolute atomic E-state index is 0.0204. The number of esters is 1. The number of piperidine rings is 1. The van der Waals surface area contributed by atoms with Crippen molar-refractivity contribution < 1.29 is 19.1 Å². The van der Waals surface area contributed by atoms with E-state index in [9.17, 15) is 9.59 Å². The molecule has 1 unspecified atom stereocenters. The molecule has 8 heteroatoms. The van der Waals surface area contributed by atoms with Gasteiger partial charge in [-0.1, -0.05) is 0 Å². The second-order valence-electron chi connectivity index (χ2n) is 6.21. The largest absolute Gasteiger partial charge is 0.464 e. The van der Waals surface area contributed by atoms with Crippen LogP contribution in [-0.4, -0.2) is 69.8 Å². The van der Waals surface area contributed by atoms with Crippen LogP contribution in [0.5, 0.6) is 0 Å². The van der Waals surface area contributed by atoms with E-state index in [2.05, 4.69) is 9.88 Å². The van der Waals surface area contributed by atoms with E-state index in [4.69, 9.17) is 9.47 Å². The molecule has 2 fully saturated rings. The van der Waals surface area contributed by atoms with Crippen molar-refractivity contribution in [3.63, 3.8) is 0 Å². The molecule has 0 saturated carbocycles. The summed E-state index contributed by atoms with van der Waals surface area (Å²) in [5.41, 5.74) is 0. The van der Waals surface area contributed by atoms with Gasteiger partial charge in [0.25, 0.3) is 0 Å². The molecule has 1 aromatic heterocycles. The van der Waals surface area contributed by atoms with Gasteiger partial charge in [-0.2, -0.15) is 0 Å². The Labute approximate surface area is 141 Å². The topological polar surface area (TPSA) is 76.9 Å². The number of cyclic esters (lactones) is 1. The molecule has 24 heavy (non-hydrogen) atoms. The molecule has 0 aromatic carbocycles. The van der Waals surface area contributed by atoms with Crippen LogP contribution in [0.3, 0.4) is 0 Å². The van der Waals surface area contributed by atoms with E-state index in [1.54, 1.807) is 18.0 Å². The van der Waals surface area contributed by atoms with Gasteiger partial charge in [-0.3, -0.25) is 9.80 Å². The maximum Gasteiger partial charge on any atom is 0.410 e. The first-order valence-corrected chi connectivity index (χ1v) is 8.40. The molecule has 1 aromatic rings. The fourth-order valence-corrected chi connectivity index (χ4v) is 3.36. The van der Waals surface area contributed by atoms with Gasteiger partial charge in [-0.25, -0.2) is 14.6 Å². The first-order chi connectivity index (χ1) is 11.6. The lowest BCUT2D eigenvalue weighted by Crippen LogP contribution is -2.51. The van der Waals surface area contributed by atoms with Crippen molar-refractivity contribution in [1.82, 2.24) is 19.4 Å². The number of imidazole rings is 1. The fraction of sp³-hybridized carbons (Fsp3) is 0.688. The molecule has 0 aliphatic carbocycles. The maximum atomic E-state index is 12.0. The first kappa shape index (κ1) is 16.8. The van der Waals surface area contributed by atoms with Crippen LogP contribution in [0.1, 0.15) is 25.6 Å². The lowest BCUT2D eigenvalue weighted by molar-refractivity contribution is -0.148. The van der Waals surface area contributed by atoms with Crippen molar-refractivity contribution >= 4 is 12.1 Å². The van der Waals surface area contributed by atoms with E-state index in [0.717, 1.165) is 38.3 Å². The van der Waals surface area contributed by atoms with E-state index in [0.29, 0.717) is 6.61 Å². The van der Waals surface area contributed by atoms with E-state index >= 15 is 0 Å². The summed E-state index contributed by atoms with van der Waals surface area (Å²) in [4.78, 5) is 32.3. The number of amides is 1. The van der Waals surface area contributed by atoms with Gasteiger partial charge >= 0.3 is 12.1 Å². The summed E-state index contributed by atoms with van der Waals surface area (Å²) >= 11 is 0. The molecule has 132 valence electrons. The number of ether oxygens (including phenoxy) is 2. The molecule has 2 saturated heterocycles. The minimum Gasteiger partial charge on any atom is -0.464 e. The standard InChI is InChI=1S/C16H24N4O4/c1-3-23-15(21)13-11-24-16(22)20(13)12-4-7-19(8-5-12)10-14-17-6-9-18(14)2/h6,9,12-13H,3-5,7-8,10-11H2,1-2H3. The van der Waals surface area contributed by atoms with E-state index in [1.807, 2.05) is 17.8 Å². The molecule has 1 amide bonds. The molecule has 3 rings (SSSR count). The number of carbonyl (C=O) groups is 2.